The number of nitrogens with one attached hydrogen (secondary N) is 2. The van der Waals surface area contributed by atoms with Crippen LogP contribution in [0, 0.1) is 0 Å². The number of imidazole rings is 1. The van der Waals surface area contributed by atoms with E-state index in [-0.39, 0.29) is 47.5 Å². The molecule has 3 aromatic heterocycles. The quantitative estimate of drug-likeness (QED) is 0.210. The van der Waals surface area contributed by atoms with E-state index in [1.54, 1.807) is 35.9 Å². The summed E-state index contributed by atoms with van der Waals surface area (Å²) in [6.45, 7) is 5.78. The van der Waals surface area contributed by atoms with Crippen molar-refractivity contribution in [3.63, 3.8) is 0 Å². The highest BCUT2D eigenvalue weighted by Crippen LogP contribution is 2.36. The van der Waals surface area contributed by atoms with E-state index in [9.17, 15) is 23.6 Å². The first-order valence-corrected chi connectivity index (χ1v) is 18.3. The number of hydrogen-bond acceptors (Lipinski definition) is 9. The van der Waals surface area contributed by atoms with Gasteiger partial charge in [-0.05, 0) is 62.9 Å². The highest BCUT2D eigenvalue weighted by molar-refractivity contribution is 6.05. The first-order valence-electron chi connectivity index (χ1n) is 18.3. The number of methoxy groups -OCH3 is 1. The number of hydrogen-bond donors (Lipinski definition) is 2. The Balaban J connectivity index is 0.888. The number of aryl methyl sites for hydroxylation is 1. The van der Waals surface area contributed by atoms with Crippen molar-refractivity contribution in [3.8, 4) is 5.75 Å². The SMILES string of the molecule is COc1cc2nn([C@@H]3CC[C@H](CN4CC(c5cccc6c5n(C)c(=O)n6C5CCC(=O)NC5=O)C4)OC3)cc2cc1NC(=O)c1cccc(C(C)(C)F)n1. The van der Waals surface area contributed by atoms with Gasteiger partial charge in [-0.15, -0.1) is 0 Å². The molecule has 3 aliphatic rings. The number of carbonyl (C=O) groups is 3. The molecule has 3 fully saturated rings. The number of imide groups is 1. The number of halogens is 1. The molecule has 3 saturated heterocycles. The first kappa shape index (κ1) is 35.6. The summed E-state index contributed by atoms with van der Waals surface area (Å²) < 4.78 is 31.5. The molecule has 0 aliphatic carbocycles. The zero-order chi connectivity index (χ0) is 37.9. The van der Waals surface area contributed by atoms with Gasteiger partial charge in [-0.25, -0.2) is 14.2 Å². The number of fused-ring (bicyclic) bond motifs is 2. The van der Waals surface area contributed by atoms with Gasteiger partial charge in [0.2, 0.25) is 11.8 Å². The molecular weight excluding hydrogens is 695 g/mol. The topological polar surface area (TPSA) is 155 Å². The smallest absolute Gasteiger partial charge is 0.329 e. The number of amides is 3. The van der Waals surface area contributed by atoms with Crippen LogP contribution >= 0.6 is 0 Å². The summed E-state index contributed by atoms with van der Waals surface area (Å²) in [5, 5.41) is 10.9. The molecule has 0 radical (unpaired) electrons. The van der Waals surface area contributed by atoms with E-state index in [4.69, 9.17) is 14.6 Å². The van der Waals surface area contributed by atoms with Crippen LogP contribution in [0.1, 0.15) is 79.3 Å². The highest BCUT2D eigenvalue weighted by atomic mass is 19.1. The van der Waals surface area contributed by atoms with Crippen molar-refractivity contribution in [2.75, 3.05) is 38.7 Å². The average Bonchev–Trinajstić information content (AvgIpc) is 3.66. The Labute approximate surface area is 310 Å². The third-order valence-corrected chi connectivity index (χ3v) is 10.9. The lowest BCUT2D eigenvalue weighted by Crippen LogP contribution is -2.49. The van der Waals surface area contributed by atoms with Crippen LogP contribution < -0.4 is 21.1 Å². The number of anilines is 1. The fourth-order valence-electron chi connectivity index (χ4n) is 7.98. The van der Waals surface area contributed by atoms with Gasteiger partial charge in [0, 0.05) is 56.7 Å². The Hall–Kier alpha value is -5.41. The summed E-state index contributed by atoms with van der Waals surface area (Å²) in [4.78, 5) is 57.4. The van der Waals surface area contributed by atoms with Crippen molar-refractivity contribution >= 4 is 45.3 Å². The van der Waals surface area contributed by atoms with Gasteiger partial charge in [0.15, 0.2) is 0 Å². The van der Waals surface area contributed by atoms with E-state index in [0.29, 0.717) is 30.0 Å². The molecular formula is C39H43FN8O6. The number of nitrogens with zero attached hydrogens (tertiary/aromatic N) is 6. The van der Waals surface area contributed by atoms with Gasteiger partial charge < -0.3 is 14.8 Å². The van der Waals surface area contributed by atoms with E-state index in [1.165, 1.54) is 25.5 Å². The predicted molar refractivity (Wildman–Crippen MR) is 198 cm³/mol. The van der Waals surface area contributed by atoms with Crippen molar-refractivity contribution in [1.82, 2.24) is 34.1 Å². The second-order valence-electron chi connectivity index (χ2n) is 15.1. The molecule has 0 bridgehead atoms. The Morgan fingerprint density at radius 3 is 2.61 bits per heavy atom. The summed E-state index contributed by atoms with van der Waals surface area (Å²) in [6.07, 6.45) is 4.29. The van der Waals surface area contributed by atoms with Gasteiger partial charge in [0.1, 0.15) is 23.2 Å². The predicted octanol–water partition coefficient (Wildman–Crippen LogP) is 4.35. The molecule has 15 heteroatoms. The Bertz CT molecular complexity index is 2340. The normalized spacial score (nSPS) is 21.3. The molecule has 8 rings (SSSR count). The third kappa shape index (κ3) is 6.55. The van der Waals surface area contributed by atoms with Crippen LogP contribution in [0.4, 0.5) is 10.1 Å². The average molecular weight is 739 g/mol. The molecule has 3 atom stereocenters. The molecule has 2 aromatic carbocycles. The van der Waals surface area contributed by atoms with Crippen LogP contribution in [-0.2, 0) is 27.0 Å². The number of ether oxygens (including phenoxy) is 2. The number of carbonyl (C=O) groups excluding carboxylic acids is 3. The number of piperidine rings is 1. The second kappa shape index (κ2) is 13.8. The minimum Gasteiger partial charge on any atom is -0.494 e. The Kier molecular flexibility index (Phi) is 9.09. The molecule has 6 heterocycles. The first-order chi connectivity index (χ1) is 25.9. The zero-order valence-electron chi connectivity index (χ0n) is 30.7. The van der Waals surface area contributed by atoms with Gasteiger partial charge in [-0.3, -0.25) is 38.4 Å². The second-order valence-corrected chi connectivity index (χ2v) is 15.1. The maximum atomic E-state index is 14.5. The molecule has 2 N–H and O–H groups in total. The lowest BCUT2D eigenvalue weighted by molar-refractivity contribution is -0.135. The summed E-state index contributed by atoms with van der Waals surface area (Å²) in [6, 6.07) is 13.5. The molecule has 3 amide bonds. The fourth-order valence-corrected chi connectivity index (χ4v) is 7.98. The van der Waals surface area contributed by atoms with E-state index in [2.05, 4.69) is 26.6 Å². The number of rotatable bonds is 9. The molecule has 54 heavy (non-hydrogen) atoms. The van der Waals surface area contributed by atoms with Crippen LogP contribution in [0.15, 0.2) is 59.5 Å². The van der Waals surface area contributed by atoms with E-state index in [1.807, 2.05) is 29.1 Å². The number of benzene rings is 2. The minimum atomic E-state index is -1.68. The lowest BCUT2D eigenvalue weighted by atomic mass is 9.89. The largest absolute Gasteiger partial charge is 0.494 e. The molecule has 0 spiro atoms. The van der Waals surface area contributed by atoms with Crippen LogP contribution in [0.5, 0.6) is 5.75 Å². The molecule has 282 valence electrons. The van der Waals surface area contributed by atoms with Crippen molar-refractivity contribution in [3.05, 3.63) is 82.2 Å². The number of alkyl halides is 1. The zero-order valence-corrected chi connectivity index (χ0v) is 30.7. The summed E-state index contributed by atoms with van der Waals surface area (Å²) in [7, 11) is 3.27. The van der Waals surface area contributed by atoms with Crippen LogP contribution in [0.25, 0.3) is 21.9 Å². The van der Waals surface area contributed by atoms with Crippen molar-refractivity contribution in [1.29, 1.82) is 0 Å². The van der Waals surface area contributed by atoms with Crippen molar-refractivity contribution in [2.45, 2.75) is 69.3 Å². The molecule has 3 aliphatic heterocycles. The van der Waals surface area contributed by atoms with Crippen LogP contribution in [0.2, 0.25) is 0 Å². The van der Waals surface area contributed by atoms with E-state index in [0.717, 1.165) is 54.5 Å². The molecule has 5 aromatic rings. The highest BCUT2D eigenvalue weighted by Gasteiger charge is 2.36. The monoisotopic (exact) mass is 738 g/mol. The van der Waals surface area contributed by atoms with Crippen LogP contribution in [-0.4, -0.2) is 86.0 Å². The summed E-state index contributed by atoms with van der Waals surface area (Å²) in [5.41, 5.74) is 2.13. The van der Waals surface area contributed by atoms with Gasteiger partial charge in [-0.2, -0.15) is 5.10 Å². The molecule has 14 nitrogen and oxygen atoms in total. The van der Waals surface area contributed by atoms with E-state index >= 15 is 0 Å². The number of likely N-dealkylation sites (tertiary alicyclic amines) is 1. The van der Waals surface area contributed by atoms with Gasteiger partial charge >= 0.3 is 5.69 Å². The minimum absolute atomic E-state index is 0.0464. The number of pyridine rings is 1. The Morgan fingerprint density at radius 1 is 1.09 bits per heavy atom. The standard InChI is InChI=1S/C39H43FN8O6/c1-39(2,40)33-10-6-8-27(41-33)36(50)42-29-15-22-19-47(44-28(22)16-32(29)53-4)24-11-12-25(54-21-24)20-46-17-23(18-46)26-7-5-9-30-35(26)45(3)38(52)48(30)31-13-14-34(49)43-37(31)51/h5-10,15-16,19,23-25,31H,11-14,17-18,20-21H2,1-4H3,(H,42,50)(H,43,49,51)/t24-,25-,31?/m1/s1. The van der Waals surface area contributed by atoms with Gasteiger partial charge in [0.25, 0.3) is 5.91 Å². The Morgan fingerprint density at radius 2 is 1.89 bits per heavy atom. The van der Waals surface area contributed by atoms with Gasteiger partial charge in [-0.1, -0.05) is 18.2 Å². The third-order valence-electron chi connectivity index (χ3n) is 10.9. The molecule has 0 saturated carbocycles. The van der Waals surface area contributed by atoms with Crippen LogP contribution in [0.3, 0.4) is 0 Å². The maximum absolute atomic E-state index is 14.5. The summed E-state index contributed by atoms with van der Waals surface area (Å²) in [5.74, 6) is -0.540. The fraction of sp³-hybridized carbons (Fsp3) is 0.436. The summed E-state index contributed by atoms with van der Waals surface area (Å²) >= 11 is 0. The molecule has 1 unspecified atom stereocenters. The lowest BCUT2D eigenvalue weighted by Gasteiger charge is -2.42. The van der Waals surface area contributed by atoms with Crippen molar-refractivity contribution < 1.29 is 28.2 Å². The number of para-hydroxylation sites is 1. The van der Waals surface area contributed by atoms with Crippen molar-refractivity contribution in [2.24, 2.45) is 7.05 Å². The van der Waals surface area contributed by atoms with E-state index < -0.39 is 23.5 Å². The van der Waals surface area contributed by atoms with Gasteiger partial charge in [0.05, 0.1) is 53.8 Å². The maximum Gasteiger partial charge on any atom is 0.329 e. The number of aromatic nitrogens is 5.